The number of isothiocyanates is 1. The Bertz CT molecular complexity index is 3330. The van der Waals surface area contributed by atoms with Gasteiger partial charge in [-0.3, -0.25) is 14.6 Å². The van der Waals surface area contributed by atoms with Crippen LogP contribution in [0, 0.1) is 17.2 Å². The number of fused-ring (bicyclic) bond motifs is 1. The second kappa shape index (κ2) is 22.3. The number of hydrogen-bond donors (Lipinski definition) is 4. The molecule has 78 heavy (non-hydrogen) atoms. The summed E-state index contributed by atoms with van der Waals surface area (Å²) in [6, 6.07) is 22.4. The van der Waals surface area contributed by atoms with Crippen molar-refractivity contribution in [1.29, 1.82) is 0 Å². The lowest BCUT2D eigenvalue weighted by Gasteiger charge is -2.58. The highest BCUT2D eigenvalue weighted by atomic mass is 32.2. The summed E-state index contributed by atoms with van der Waals surface area (Å²) in [6.07, 6.45) is 8.76. The molecule has 2 aliphatic heterocycles. The summed E-state index contributed by atoms with van der Waals surface area (Å²) < 4.78 is 92.9. The first-order valence-electron chi connectivity index (χ1n) is 26.3. The minimum atomic E-state index is -4.58. The van der Waals surface area contributed by atoms with Crippen molar-refractivity contribution in [3.63, 3.8) is 0 Å². The normalized spacial score (nSPS) is 21.2. The Kier molecular flexibility index (Phi) is 15.6. The Morgan fingerprint density at radius 2 is 1.72 bits per heavy atom. The average Bonchev–Trinajstić information content (AvgIpc) is 3.93. The number of aliphatic imine (C=N–C) groups is 1. The Morgan fingerprint density at radius 1 is 0.974 bits per heavy atom. The van der Waals surface area contributed by atoms with Crippen LogP contribution < -0.4 is 29.1 Å². The molecule has 2 aliphatic carbocycles. The fourth-order valence-electron chi connectivity index (χ4n) is 11.8. The number of piperazine rings is 1. The van der Waals surface area contributed by atoms with Crippen LogP contribution in [0.4, 0.5) is 30.4 Å². The molecule has 412 valence electrons. The molecule has 1 unspecified atom stereocenters. The maximum Gasteiger partial charge on any atom is 0.270 e. The number of rotatable bonds is 17. The first-order chi connectivity index (χ1) is 37.3. The molecule has 3 aromatic heterocycles. The summed E-state index contributed by atoms with van der Waals surface area (Å²) in [5.74, 6) is -3.37. The lowest BCUT2D eigenvalue weighted by atomic mass is 9.59. The smallest absolute Gasteiger partial charge is 0.270 e. The lowest BCUT2D eigenvalue weighted by molar-refractivity contribution is -0.0644. The number of aromatic nitrogens is 3. The molecule has 3 aromatic carbocycles. The van der Waals surface area contributed by atoms with Gasteiger partial charge in [0, 0.05) is 101 Å². The van der Waals surface area contributed by atoms with Crippen LogP contribution in [-0.2, 0) is 22.5 Å². The highest BCUT2D eigenvalue weighted by Gasteiger charge is 2.50. The van der Waals surface area contributed by atoms with Crippen molar-refractivity contribution in [3.05, 3.63) is 119 Å². The van der Waals surface area contributed by atoms with E-state index >= 15 is 8.78 Å². The molecule has 4 fully saturated rings. The van der Waals surface area contributed by atoms with Gasteiger partial charge in [0.1, 0.15) is 33.5 Å². The molecule has 21 heteroatoms. The number of H-pyrrole nitrogens is 1. The van der Waals surface area contributed by atoms with Crippen LogP contribution in [0.2, 0.25) is 0 Å². The van der Waals surface area contributed by atoms with Crippen molar-refractivity contribution in [2.24, 2.45) is 16.3 Å². The van der Waals surface area contributed by atoms with Crippen molar-refractivity contribution in [2.45, 2.75) is 100 Å². The molecule has 0 radical (unpaired) electrons. The quantitative estimate of drug-likeness (QED) is 0.0499. The number of aromatic amines is 1. The Hall–Kier alpha value is -6.61. The predicted molar refractivity (Wildman–Crippen MR) is 294 cm³/mol. The van der Waals surface area contributed by atoms with Gasteiger partial charge in [-0.05, 0) is 123 Å². The number of carbonyl (C=O) groups excluding carboxylic acids is 1. The number of alkyl halides is 2. The van der Waals surface area contributed by atoms with E-state index in [2.05, 4.69) is 49.8 Å². The van der Waals surface area contributed by atoms with Crippen LogP contribution >= 0.6 is 12.2 Å². The third-order valence-electron chi connectivity index (χ3n) is 16.3. The van der Waals surface area contributed by atoms with Crippen LogP contribution in [0.15, 0.2) is 101 Å². The van der Waals surface area contributed by atoms with Crippen LogP contribution in [0.5, 0.6) is 23.1 Å². The minimum Gasteiger partial charge on any atom is -0.497 e. The predicted octanol–water partition coefficient (Wildman–Crippen LogP) is 10.5. The third-order valence-corrected chi connectivity index (χ3v) is 17.7. The van der Waals surface area contributed by atoms with Crippen molar-refractivity contribution in [3.8, 4) is 23.1 Å². The van der Waals surface area contributed by atoms with E-state index in [0.717, 1.165) is 82.2 Å². The molecule has 1 amide bonds. The zero-order chi connectivity index (χ0) is 55.0. The summed E-state index contributed by atoms with van der Waals surface area (Å²) in [7, 11) is -1.57. The molecule has 2 saturated heterocycles. The summed E-state index contributed by atoms with van der Waals surface area (Å²) in [4.78, 5) is 36.4. The lowest BCUT2D eigenvalue weighted by Crippen LogP contribution is -2.60. The zero-order valence-corrected chi connectivity index (χ0v) is 45.7. The number of halogens is 3. The maximum absolute atomic E-state index is 15.3. The number of anilines is 2. The molecule has 5 heterocycles. The second-order valence-corrected chi connectivity index (χ2v) is 23.5. The Balaban J connectivity index is 0.860. The molecule has 0 bridgehead atoms. The Labute approximate surface area is 457 Å². The molecule has 6 aromatic rings. The van der Waals surface area contributed by atoms with Crippen LogP contribution in [-0.4, -0.2) is 114 Å². The number of carbonyl (C=O) groups is 1. The highest BCUT2D eigenvalue weighted by molar-refractivity contribution is 7.90. The number of pyridine rings is 2. The van der Waals surface area contributed by atoms with Gasteiger partial charge in [-0.2, -0.15) is 9.98 Å². The summed E-state index contributed by atoms with van der Waals surface area (Å²) in [5, 5.41) is 16.0. The summed E-state index contributed by atoms with van der Waals surface area (Å²) >= 11 is 4.88. The maximum atomic E-state index is 15.3. The molecule has 4 N–H and O–H groups in total. The molecule has 1 spiro atoms. The van der Waals surface area contributed by atoms with Gasteiger partial charge >= 0.3 is 0 Å². The van der Waals surface area contributed by atoms with Crippen LogP contribution in [0.25, 0.3) is 11.0 Å². The van der Waals surface area contributed by atoms with E-state index in [1.807, 2.05) is 43.3 Å². The number of nitrogens with zero attached hydrogens (tertiary/aromatic N) is 6. The molecular formula is C57H64F3N9O7S2. The van der Waals surface area contributed by atoms with E-state index in [9.17, 15) is 22.7 Å². The van der Waals surface area contributed by atoms with Gasteiger partial charge in [0.2, 0.25) is 0 Å². The zero-order valence-electron chi connectivity index (χ0n) is 44.0. The number of piperidine rings is 1. The largest absolute Gasteiger partial charge is 0.497 e. The highest BCUT2D eigenvalue weighted by Crippen LogP contribution is 2.54. The summed E-state index contributed by atoms with van der Waals surface area (Å²) in [5.41, 5.74) is 2.06. The average molecular weight is 1110 g/mol. The number of sulfonamides is 1. The number of methoxy groups -OCH3 is 2. The van der Waals surface area contributed by atoms with E-state index in [-0.39, 0.29) is 79.4 Å². The van der Waals surface area contributed by atoms with Gasteiger partial charge in [0.05, 0.1) is 35.9 Å². The molecule has 2 saturated carbocycles. The number of aliphatic hydroxyl groups is 1. The van der Waals surface area contributed by atoms with Crippen LogP contribution in [0.3, 0.4) is 0 Å². The van der Waals surface area contributed by atoms with Gasteiger partial charge < -0.3 is 34.5 Å². The standard InChI is InChI=1S/C57H64F3N9O7S2/c1-55(71)17-15-36(16-18-55)30-61-52-47(64-35-77)26-41(31-62-52)78(72,73)66-53(70)43-14-11-38(25-49(43)76-50-27-44-46(58)32-63-51(44)65-54(50)75-4)68-21-19-57(20-22-68)28-39(29-57)69-24-23-67(33-37-9-12-40(74-3)13-10-37)34-48(69)42-7-5-6-8-45(42)56(2,59)60/h5-14,25-27,31-32,36,39,48,71H,15-24,28-30,33-34H2,1-4H3,(H,61,62)(H,63,65)(H,66,70)/t36-,48?,55-. The van der Waals surface area contributed by atoms with Gasteiger partial charge in [-0.25, -0.2) is 31.3 Å². The fourth-order valence-corrected chi connectivity index (χ4v) is 12.9. The van der Waals surface area contributed by atoms with E-state index in [4.69, 9.17) is 26.4 Å². The minimum absolute atomic E-state index is 0.0114. The molecule has 1 atom stereocenters. The van der Waals surface area contributed by atoms with Gasteiger partial charge in [-0.15, -0.1) is 0 Å². The first kappa shape index (κ1) is 54.7. The van der Waals surface area contributed by atoms with Gasteiger partial charge in [0.15, 0.2) is 11.6 Å². The molecule has 16 nitrogen and oxygen atoms in total. The number of nitrogens with one attached hydrogen (secondary N) is 3. The van der Waals surface area contributed by atoms with Crippen molar-refractivity contribution in [2.75, 3.05) is 63.7 Å². The number of benzene rings is 3. The number of amides is 1. The van der Waals surface area contributed by atoms with Crippen molar-refractivity contribution in [1.82, 2.24) is 29.5 Å². The van der Waals surface area contributed by atoms with Gasteiger partial charge in [-0.1, -0.05) is 36.4 Å². The summed E-state index contributed by atoms with van der Waals surface area (Å²) in [6.45, 7) is 7.47. The van der Waals surface area contributed by atoms with Crippen molar-refractivity contribution >= 4 is 61.5 Å². The van der Waals surface area contributed by atoms with E-state index in [1.54, 1.807) is 31.4 Å². The SMILES string of the molecule is COc1ccc(CN2CCN(C3CC4(CCN(c5ccc(C(=O)NS(=O)(=O)c6cnc(NC[C@H]7CC[C@](C)(O)CC7)c(N=C=S)c6)c(Oc6cc7c(F)c[nH]c7nc6OC)c5)CC4)C3)C(c3ccccc3C(C)(F)F)C2)cc1. The molecule has 4 aliphatic rings. The van der Waals surface area contributed by atoms with Gasteiger partial charge in [0.25, 0.3) is 27.7 Å². The number of ether oxygens (including phenoxy) is 3. The van der Waals surface area contributed by atoms with E-state index in [0.29, 0.717) is 56.8 Å². The number of thiocarbonyl (C=S) groups is 1. The molecular weight excluding hydrogens is 1040 g/mol. The fraction of sp³-hybridized carbons (Fsp3) is 0.439. The second-order valence-electron chi connectivity index (χ2n) is 21.7. The Morgan fingerprint density at radius 3 is 2.42 bits per heavy atom. The third kappa shape index (κ3) is 11.9. The van der Waals surface area contributed by atoms with Crippen LogP contribution in [0.1, 0.15) is 98.3 Å². The topological polar surface area (TPSA) is 187 Å². The van der Waals surface area contributed by atoms with Crippen molar-refractivity contribution < 1.29 is 45.7 Å². The van der Waals surface area contributed by atoms with E-state index < -0.39 is 33.3 Å². The monoisotopic (exact) mass is 1110 g/mol. The van der Waals surface area contributed by atoms with E-state index in [1.165, 1.54) is 25.3 Å². The first-order valence-corrected chi connectivity index (χ1v) is 28.2. The number of hydrogen-bond acceptors (Lipinski definition) is 15. The molecule has 10 rings (SSSR count).